The molecule has 0 amide bonds. The second-order valence-electron chi connectivity index (χ2n) is 6.00. The van der Waals surface area contributed by atoms with Crippen LogP contribution in [0.5, 0.6) is 0 Å². The normalized spacial score (nSPS) is 13.8. The van der Waals surface area contributed by atoms with E-state index in [1.54, 1.807) is 23.5 Å². The van der Waals surface area contributed by atoms with E-state index in [2.05, 4.69) is 9.97 Å². The Morgan fingerprint density at radius 2 is 1.96 bits per heavy atom. The van der Waals surface area contributed by atoms with Crippen molar-refractivity contribution in [1.82, 2.24) is 9.97 Å². The number of nitro groups is 1. The number of benzene rings is 1. The molecular weight excluding hydrogens is 326 g/mol. The Morgan fingerprint density at radius 1 is 1.21 bits per heavy atom. The molecule has 0 spiro atoms. The molecule has 3 aromatic rings. The summed E-state index contributed by atoms with van der Waals surface area (Å²) in [5.74, 6) is 0.597. The van der Waals surface area contributed by atoms with E-state index >= 15 is 0 Å². The van der Waals surface area contributed by atoms with E-state index in [-0.39, 0.29) is 11.2 Å². The van der Waals surface area contributed by atoms with Gasteiger partial charge in [0.1, 0.15) is 10.7 Å². The molecule has 1 aromatic carbocycles. The van der Waals surface area contributed by atoms with Crippen LogP contribution in [0, 0.1) is 10.1 Å². The molecule has 0 saturated heterocycles. The lowest BCUT2D eigenvalue weighted by atomic mass is 9.97. The minimum absolute atomic E-state index is 0.0570. The van der Waals surface area contributed by atoms with Crippen LogP contribution in [-0.4, -0.2) is 14.9 Å². The molecule has 0 bridgehead atoms. The van der Waals surface area contributed by atoms with Crippen LogP contribution < -0.4 is 5.56 Å². The maximum absolute atomic E-state index is 12.5. The van der Waals surface area contributed by atoms with Gasteiger partial charge in [0.05, 0.1) is 10.3 Å². The highest BCUT2D eigenvalue weighted by atomic mass is 32.1. The van der Waals surface area contributed by atoms with E-state index in [0.717, 1.165) is 35.0 Å². The van der Waals surface area contributed by atoms with Crippen LogP contribution in [0.1, 0.15) is 34.7 Å². The number of aromatic amines is 1. The van der Waals surface area contributed by atoms with Crippen LogP contribution >= 0.6 is 11.3 Å². The van der Waals surface area contributed by atoms with Crippen LogP contribution in [0.15, 0.2) is 29.1 Å². The third-order valence-corrected chi connectivity index (χ3v) is 5.58. The van der Waals surface area contributed by atoms with Gasteiger partial charge in [0.15, 0.2) is 0 Å². The maximum atomic E-state index is 12.5. The van der Waals surface area contributed by atoms with Gasteiger partial charge in [-0.15, -0.1) is 11.3 Å². The number of nitrogens with one attached hydrogen (secondary N) is 1. The number of nitro benzene ring substituents is 1. The van der Waals surface area contributed by atoms with Gasteiger partial charge in [0, 0.05) is 23.4 Å². The molecule has 122 valence electrons. The monoisotopic (exact) mass is 341 g/mol. The minimum atomic E-state index is -0.424. The first-order chi connectivity index (χ1) is 11.6. The smallest absolute Gasteiger partial charge is 0.269 e. The van der Waals surface area contributed by atoms with Crippen molar-refractivity contribution >= 4 is 27.2 Å². The number of thiophene rings is 1. The SMILES string of the molecule is O=c1[nH]c(Cc2ccc([N+](=O)[O-])cc2)nc2sc3c(c12)CCCC3. The summed E-state index contributed by atoms with van der Waals surface area (Å²) in [5, 5.41) is 11.5. The number of aryl methyl sites for hydroxylation is 2. The Balaban J connectivity index is 1.70. The molecule has 0 fully saturated rings. The van der Waals surface area contributed by atoms with Crippen LogP contribution in [0.2, 0.25) is 0 Å². The van der Waals surface area contributed by atoms with Crippen LogP contribution in [0.25, 0.3) is 10.2 Å². The number of hydrogen-bond donors (Lipinski definition) is 1. The van der Waals surface area contributed by atoms with E-state index in [1.807, 2.05) is 0 Å². The van der Waals surface area contributed by atoms with Crippen molar-refractivity contribution < 1.29 is 4.92 Å². The first-order valence-electron chi connectivity index (χ1n) is 7.88. The molecule has 1 N–H and O–H groups in total. The van der Waals surface area contributed by atoms with Crippen LogP contribution in [0.4, 0.5) is 5.69 Å². The highest BCUT2D eigenvalue weighted by Crippen LogP contribution is 2.33. The highest BCUT2D eigenvalue weighted by molar-refractivity contribution is 7.18. The Labute approximate surface area is 141 Å². The molecule has 2 heterocycles. The molecule has 24 heavy (non-hydrogen) atoms. The van der Waals surface area contributed by atoms with Crippen LogP contribution in [-0.2, 0) is 19.3 Å². The molecule has 1 aliphatic rings. The fourth-order valence-corrected chi connectivity index (χ4v) is 4.50. The first-order valence-corrected chi connectivity index (χ1v) is 8.70. The number of H-pyrrole nitrogens is 1. The molecule has 2 aromatic heterocycles. The van der Waals surface area contributed by atoms with Gasteiger partial charge < -0.3 is 4.98 Å². The predicted molar refractivity (Wildman–Crippen MR) is 92.8 cm³/mol. The lowest BCUT2D eigenvalue weighted by Gasteiger charge is -2.09. The van der Waals surface area contributed by atoms with Crippen molar-refractivity contribution in [3.8, 4) is 0 Å². The second-order valence-corrected chi connectivity index (χ2v) is 7.09. The van der Waals surface area contributed by atoms with Crippen molar-refractivity contribution in [2.75, 3.05) is 0 Å². The van der Waals surface area contributed by atoms with Crippen molar-refractivity contribution in [2.24, 2.45) is 0 Å². The van der Waals surface area contributed by atoms with E-state index < -0.39 is 4.92 Å². The Kier molecular flexibility index (Phi) is 3.65. The largest absolute Gasteiger partial charge is 0.310 e. The third-order valence-electron chi connectivity index (χ3n) is 4.39. The number of hydrogen-bond acceptors (Lipinski definition) is 5. The average Bonchev–Trinajstić information content (AvgIpc) is 2.94. The Bertz CT molecular complexity index is 989. The number of non-ortho nitro benzene ring substituents is 1. The second kappa shape index (κ2) is 5.83. The van der Waals surface area contributed by atoms with Gasteiger partial charge in [-0.05, 0) is 36.8 Å². The average molecular weight is 341 g/mol. The standard InChI is InChI=1S/C17H15N3O3S/c21-16-15-12-3-1-2-4-13(12)24-17(15)19-14(18-16)9-10-5-7-11(8-6-10)20(22)23/h5-8H,1-4,9H2,(H,18,19,21). The quantitative estimate of drug-likeness (QED) is 0.584. The van der Waals surface area contributed by atoms with Gasteiger partial charge in [-0.1, -0.05) is 12.1 Å². The summed E-state index contributed by atoms with van der Waals surface area (Å²) in [7, 11) is 0. The van der Waals surface area contributed by atoms with Crippen molar-refractivity contribution in [3.63, 3.8) is 0 Å². The Hall–Kier alpha value is -2.54. The fourth-order valence-electron chi connectivity index (χ4n) is 3.22. The van der Waals surface area contributed by atoms with E-state index in [4.69, 9.17) is 0 Å². The fraction of sp³-hybridized carbons (Fsp3) is 0.294. The molecule has 1 aliphatic carbocycles. The number of nitrogens with zero attached hydrogens (tertiary/aromatic N) is 2. The molecule has 0 saturated carbocycles. The summed E-state index contributed by atoms with van der Waals surface area (Å²) in [6.07, 6.45) is 4.75. The Morgan fingerprint density at radius 3 is 2.71 bits per heavy atom. The van der Waals surface area contributed by atoms with E-state index in [1.165, 1.54) is 29.0 Å². The predicted octanol–water partition coefficient (Wildman–Crippen LogP) is 3.36. The van der Waals surface area contributed by atoms with Gasteiger partial charge in [0.25, 0.3) is 11.2 Å². The number of fused-ring (bicyclic) bond motifs is 3. The molecule has 4 rings (SSSR count). The van der Waals surface area contributed by atoms with Gasteiger partial charge in [-0.25, -0.2) is 4.98 Å². The molecular formula is C17H15N3O3S. The zero-order valence-electron chi connectivity index (χ0n) is 12.9. The lowest BCUT2D eigenvalue weighted by Crippen LogP contribution is -2.13. The van der Waals surface area contributed by atoms with Crippen molar-refractivity contribution in [1.29, 1.82) is 0 Å². The summed E-state index contributed by atoms with van der Waals surface area (Å²) in [6, 6.07) is 6.33. The summed E-state index contributed by atoms with van der Waals surface area (Å²) >= 11 is 1.62. The van der Waals surface area contributed by atoms with Crippen molar-refractivity contribution in [3.05, 3.63) is 66.6 Å². The number of aromatic nitrogens is 2. The first kappa shape index (κ1) is 15.0. The summed E-state index contributed by atoms with van der Waals surface area (Å²) < 4.78 is 0. The molecule has 0 unspecified atom stereocenters. The zero-order valence-corrected chi connectivity index (χ0v) is 13.7. The maximum Gasteiger partial charge on any atom is 0.269 e. The molecule has 0 radical (unpaired) electrons. The van der Waals surface area contributed by atoms with E-state index in [9.17, 15) is 14.9 Å². The van der Waals surface area contributed by atoms with Gasteiger partial charge in [0.2, 0.25) is 0 Å². The molecule has 7 heteroatoms. The van der Waals surface area contributed by atoms with E-state index in [0.29, 0.717) is 12.2 Å². The molecule has 6 nitrogen and oxygen atoms in total. The van der Waals surface area contributed by atoms with Crippen molar-refractivity contribution in [2.45, 2.75) is 32.1 Å². The summed E-state index contributed by atoms with van der Waals surface area (Å²) in [5.41, 5.74) is 2.04. The van der Waals surface area contributed by atoms with Gasteiger partial charge >= 0.3 is 0 Å². The lowest BCUT2D eigenvalue weighted by molar-refractivity contribution is -0.384. The summed E-state index contributed by atoms with van der Waals surface area (Å²) in [4.78, 5) is 32.4. The van der Waals surface area contributed by atoms with Gasteiger partial charge in [-0.2, -0.15) is 0 Å². The molecule has 0 atom stereocenters. The van der Waals surface area contributed by atoms with Gasteiger partial charge in [-0.3, -0.25) is 14.9 Å². The minimum Gasteiger partial charge on any atom is -0.310 e. The summed E-state index contributed by atoms with van der Waals surface area (Å²) in [6.45, 7) is 0. The zero-order chi connectivity index (χ0) is 16.7. The topological polar surface area (TPSA) is 88.9 Å². The third kappa shape index (κ3) is 2.60. The molecule has 0 aliphatic heterocycles. The highest BCUT2D eigenvalue weighted by Gasteiger charge is 2.19. The van der Waals surface area contributed by atoms with Crippen LogP contribution in [0.3, 0.4) is 0 Å². The number of rotatable bonds is 3.